The zero-order chi connectivity index (χ0) is 37.8. The molecule has 0 bridgehead atoms. The first-order valence-electron chi connectivity index (χ1n) is 18.7. The van der Waals surface area contributed by atoms with Gasteiger partial charge in [0.1, 0.15) is 12.0 Å². The summed E-state index contributed by atoms with van der Waals surface area (Å²) in [6, 6.07) is 25.2. The van der Waals surface area contributed by atoms with E-state index in [1.165, 1.54) is 9.24 Å². The van der Waals surface area contributed by atoms with Gasteiger partial charge in [-0.2, -0.15) is 0 Å². The van der Waals surface area contributed by atoms with Crippen LogP contribution in [0.5, 0.6) is 0 Å². The van der Waals surface area contributed by atoms with Crippen LogP contribution >= 0.6 is 9.24 Å². The van der Waals surface area contributed by atoms with Crippen LogP contribution in [0.2, 0.25) is 0 Å². The van der Waals surface area contributed by atoms with E-state index in [1.807, 2.05) is 92.7 Å². The molecule has 8 nitrogen and oxygen atoms in total. The number of rotatable bonds is 17. The number of ether oxygens (including phenoxy) is 1. The molecule has 284 valence electrons. The number of nitrogens with one attached hydrogen (secondary N) is 3. The van der Waals surface area contributed by atoms with Crippen molar-refractivity contribution >= 4 is 27.5 Å². The maximum absolute atomic E-state index is 13.8. The first kappa shape index (κ1) is 42.7. The molecular formula is C41H57F2N4O4P. The van der Waals surface area contributed by atoms with E-state index in [-0.39, 0.29) is 17.9 Å². The van der Waals surface area contributed by atoms with Gasteiger partial charge in [0.25, 0.3) is 12.1 Å². The molecule has 1 aliphatic heterocycles. The van der Waals surface area contributed by atoms with Crippen LogP contribution in [0.4, 0.5) is 8.78 Å². The van der Waals surface area contributed by atoms with Crippen LogP contribution < -0.4 is 16.0 Å². The minimum atomic E-state index is -3.07. The maximum atomic E-state index is 13.8. The highest BCUT2D eigenvalue weighted by atomic mass is 31.0. The Kier molecular flexibility index (Phi) is 18.4. The fraction of sp³-hybridized carbons (Fsp3) is 0.488. The van der Waals surface area contributed by atoms with Crippen LogP contribution in [-0.2, 0) is 31.1 Å². The standard InChI is InChI=1S/C31H43F2N4O2P.C8H8O2.C2H6/c1-2-37(21-11-19-35-28(38)27-16-7-9-18-34-27)20-10-8-17-30(29(39)36-22-31(32,33)40)25-14-5-3-12-23(25)24-13-4-6-15-26(24)30;9-7-10-6-8-4-2-1-3-5-8;1-2/h3-6,12-15,27,34H,2,7-11,16-22,40H2,1H3,(H,35,38)(H,36,39);1-5,7H,6H2;1-2H3/t27-;;/m0../s1. The van der Waals surface area contributed by atoms with Crippen molar-refractivity contribution in [1.29, 1.82) is 0 Å². The Balaban J connectivity index is 0.000000519. The van der Waals surface area contributed by atoms with Crippen molar-refractivity contribution in [2.75, 3.05) is 39.3 Å². The van der Waals surface area contributed by atoms with Gasteiger partial charge in [-0.15, -0.1) is 0 Å². The van der Waals surface area contributed by atoms with Crippen molar-refractivity contribution in [3.8, 4) is 11.1 Å². The third-order valence-corrected chi connectivity index (χ3v) is 9.60. The second-order valence-corrected chi connectivity index (χ2v) is 13.7. The second kappa shape index (κ2) is 22.4. The average molecular weight is 739 g/mol. The summed E-state index contributed by atoms with van der Waals surface area (Å²) >= 11 is 0. The molecule has 0 radical (unpaired) electrons. The molecule has 52 heavy (non-hydrogen) atoms. The van der Waals surface area contributed by atoms with Crippen LogP contribution in [0.25, 0.3) is 11.1 Å². The lowest BCUT2D eigenvalue weighted by molar-refractivity contribution is -0.130. The number of hydrogen-bond acceptors (Lipinski definition) is 6. The SMILES string of the molecule is CC.CCN(CCCCC1(C(=O)NCC(F)(F)P)c2ccccc2-c2ccccc21)CCCNC(=O)[C@@H]1CCCCN1.O=COCc1ccccc1. The topological polar surface area (TPSA) is 99.8 Å². The minimum Gasteiger partial charge on any atom is -0.463 e. The van der Waals surface area contributed by atoms with Gasteiger partial charge in [-0.3, -0.25) is 14.4 Å². The van der Waals surface area contributed by atoms with Crippen LogP contribution in [-0.4, -0.2) is 74.2 Å². The summed E-state index contributed by atoms with van der Waals surface area (Å²) in [6.45, 7) is 10.5. The van der Waals surface area contributed by atoms with Crippen molar-refractivity contribution in [1.82, 2.24) is 20.9 Å². The molecule has 2 atom stereocenters. The van der Waals surface area contributed by atoms with E-state index in [4.69, 9.17) is 0 Å². The molecule has 2 amide bonds. The lowest BCUT2D eigenvalue weighted by atomic mass is 9.73. The monoisotopic (exact) mass is 738 g/mol. The molecule has 3 aromatic rings. The second-order valence-electron chi connectivity index (χ2n) is 12.9. The molecule has 3 N–H and O–H groups in total. The largest absolute Gasteiger partial charge is 0.463 e. The predicted molar refractivity (Wildman–Crippen MR) is 208 cm³/mol. The predicted octanol–water partition coefficient (Wildman–Crippen LogP) is 7.06. The molecule has 0 saturated carbocycles. The fourth-order valence-electron chi connectivity index (χ4n) is 6.87. The molecular weight excluding hydrogens is 681 g/mol. The molecule has 0 spiro atoms. The highest BCUT2D eigenvalue weighted by Gasteiger charge is 2.48. The van der Waals surface area contributed by atoms with Gasteiger partial charge in [0, 0.05) is 6.54 Å². The molecule has 1 aliphatic carbocycles. The minimum absolute atomic E-state index is 0.0614. The highest BCUT2D eigenvalue weighted by Crippen LogP contribution is 2.51. The molecule has 1 fully saturated rings. The molecule has 3 aromatic carbocycles. The van der Waals surface area contributed by atoms with E-state index < -0.39 is 17.6 Å². The molecule has 1 heterocycles. The number of halogens is 2. The van der Waals surface area contributed by atoms with Gasteiger partial charge in [-0.05, 0) is 86.1 Å². The van der Waals surface area contributed by atoms with Crippen molar-refractivity contribution in [2.24, 2.45) is 0 Å². The van der Waals surface area contributed by atoms with E-state index in [0.29, 0.717) is 26.0 Å². The normalized spacial score (nSPS) is 15.5. The molecule has 5 rings (SSSR count). The van der Waals surface area contributed by atoms with Gasteiger partial charge in [0.05, 0.1) is 12.6 Å². The summed E-state index contributed by atoms with van der Waals surface area (Å²) in [7, 11) is 1.51. The van der Waals surface area contributed by atoms with Crippen molar-refractivity contribution in [2.45, 2.75) is 89.4 Å². The summed E-state index contributed by atoms with van der Waals surface area (Å²) in [5.41, 5.74) is 0.695. The van der Waals surface area contributed by atoms with E-state index >= 15 is 0 Å². The van der Waals surface area contributed by atoms with E-state index in [2.05, 4.69) is 32.5 Å². The first-order chi connectivity index (χ1) is 25.2. The third-order valence-electron chi connectivity index (χ3n) is 9.40. The summed E-state index contributed by atoms with van der Waals surface area (Å²) in [4.78, 5) is 38.2. The summed E-state index contributed by atoms with van der Waals surface area (Å²) < 4.78 is 31.9. The average Bonchev–Trinajstić information content (AvgIpc) is 3.47. The highest BCUT2D eigenvalue weighted by molar-refractivity contribution is 7.18. The van der Waals surface area contributed by atoms with Gasteiger partial charge in [-0.1, -0.05) is 122 Å². The lowest BCUT2D eigenvalue weighted by Crippen LogP contribution is -2.47. The summed E-state index contributed by atoms with van der Waals surface area (Å²) in [6.07, 6.45) is 6.20. The molecule has 1 saturated heterocycles. The summed E-state index contributed by atoms with van der Waals surface area (Å²) in [5, 5.41) is 8.91. The smallest absolute Gasteiger partial charge is 0.293 e. The van der Waals surface area contributed by atoms with Gasteiger partial charge in [0.15, 0.2) is 0 Å². The first-order valence-corrected chi connectivity index (χ1v) is 19.2. The molecule has 1 unspecified atom stereocenters. The van der Waals surface area contributed by atoms with Crippen molar-refractivity contribution < 1.29 is 27.9 Å². The number of carbonyl (C=O) groups excluding carboxylic acids is 3. The summed E-state index contributed by atoms with van der Waals surface area (Å²) in [5.74, 6) is -0.273. The number of piperidine rings is 1. The number of hydrogen-bond donors (Lipinski definition) is 3. The Labute approximate surface area is 311 Å². The number of fused-ring (bicyclic) bond motifs is 3. The van der Waals surface area contributed by atoms with E-state index in [1.54, 1.807) is 0 Å². The Morgan fingerprint density at radius 1 is 0.923 bits per heavy atom. The number of nitrogens with zero attached hydrogens (tertiary/aromatic N) is 1. The van der Waals surface area contributed by atoms with Crippen molar-refractivity contribution in [3.63, 3.8) is 0 Å². The van der Waals surface area contributed by atoms with E-state index in [9.17, 15) is 23.2 Å². The van der Waals surface area contributed by atoms with Gasteiger partial charge >= 0.3 is 0 Å². The lowest BCUT2D eigenvalue weighted by Gasteiger charge is -2.32. The number of carbonyl (C=O) groups is 3. The van der Waals surface area contributed by atoms with Crippen LogP contribution in [0.1, 0.15) is 82.4 Å². The van der Waals surface area contributed by atoms with Gasteiger partial charge in [0.2, 0.25) is 11.8 Å². The zero-order valence-corrected chi connectivity index (χ0v) is 32.1. The molecule has 11 heteroatoms. The fourth-order valence-corrected chi connectivity index (χ4v) is 6.98. The van der Waals surface area contributed by atoms with Gasteiger partial charge < -0.3 is 25.6 Å². The van der Waals surface area contributed by atoms with Crippen LogP contribution in [0.3, 0.4) is 0 Å². The van der Waals surface area contributed by atoms with Crippen molar-refractivity contribution in [3.05, 3.63) is 95.6 Å². The number of benzene rings is 3. The zero-order valence-electron chi connectivity index (χ0n) is 31.0. The Morgan fingerprint density at radius 2 is 1.54 bits per heavy atom. The Hall–Kier alpha value is -3.72. The maximum Gasteiger partial charge on any atom is 0.293 e. The van der Waals surface area contributed by atoms with Crippen LogP contribution in [0.15, 0.2) is 78.9 Å². The van der Waals surface area contributed by atoms with Gasteiger partial charge in [-0.25, -0.2) is 8.78 Å². The molecule has 2 aliphatic rings. The Morgan fingerprint density at radius 3 is 2.12 bits per heavy atom. The van der Waals surface area contributed by atoms with E-state index in [0.717, 1.165) is 92.5 Å². The molecule has 0 aromatic heterocycles. The number of amides is 2. The van der Waals surface area contributed by atoms with Crippen LogP contribution in [0, 0.1) is 0 Å². The third kappa shape index (κ3) is 12.5. The number of unbranched alkanes of at least 4 members (excludes halogenated alkanes) is 1. The quantitative estimate of drug-likeness (QED) is 0.0780. The Bertz CT molecular complexity index is 1470. The number of alkyl halides is 2.